The minimum Gasteiger partial charge on any atom is -0.369 e. The third kappa shape index (κ3) is 5.39. The number of sulfone groups is 1. The molecule has 0 bridgehead atoms. The van der Waals surface area contributed by atoms with Gasteiger partial charge in [-0.25, -0.2) is 17.5 Å². The molecule has 2 aromatic carbocycles. The lowest BCUT2D eigenvalue weighted by molar-refractivity contribution is 0.165. The summed E-state index contributed by atoms with van der Waals surface area (Å²) in [5.41, 5.74) is 2.00. The van der Waals surface area contributed by atoms with Crippen LogP contribution in [0, 0.1) is 12.7 Å². The number of tetrazole rings is 1. The van der Waals surface area contributed by atoms with Crippen LogP contribution in [0.3, 0.4) is 0 Å². The molecule has 3 aromatic rings. The number of nitrogens with zero attached hydrogens (tertiary/aromatic N) is 6. The molecular weight excluding hydrogens is 443 g/mol. The number of aryl methyl sites for hydroxylation is 1. The Kier molecular flexibility index (Phi) is 7.04. The average Bonchev–Trinajstić information content (AvgIpc) is 3.25. The van der Waals surface area contributed by atoms with Gasteiger partial charge in [0, 0.05) is 31.9 Å². The van der Waals surface area contributed by atoms with Crippen LogP contribution in [0.25, 0.3) is 0 Å². The minimum atomic E-state index is -3.59. The fourth-order valence-corrected chi connectivity index (χ4v) is 5.42. The second-order valence-corrected chi connectivity index (χ2v) is 10.4. The van der Waals surface area contributed by atoms with Crippen molar-refractivity contribution in [1.29, 1.82) is 0 Å². The van der Waals surface area contributed by atoms with Gasteiger partial charge >= 0.3 is 0 Å². The maximum absolute atomic E-state index is 13.3. The van der Waals surface area contributed by atoms with Crippen LogP contribution in [0.4, 0.5) is 10.1 Å². The first-order valence-electron chi connectivity index (χ1n) is 11.2. The van der Waals surface area contributed by atoms with Crippen LogP contribution in [0.2, 0.25) is 0 Å². The molecule has 1 aliphatic heterocycles. The molecule has 0 saturated carbocycles. The number of piperazine rings is 1. The topological polar surface area (TPSA) is 84.2 Å². The van der Waals surface area contributed by atoms with Gasteiger partial charge in [0.1, 0.15) is 5.82 Å². The van der Waals surface area contributed by atoms with Crippen LogP contribution in [-0.4, -0.2) is 59.7 Å². The predicted octanol–water partition coefficient (Wildman–Crippen LogP) is 3.22. The van der Waals surface area contributed by atoms with Gasteiger partial charge < -0.3 is 4.90 Å². The van der Waals surface area contributed by atoms with Gasteiger partial charge in [0.25, 0.3) is 0 Å². The minimum absolute atomic E-state index is 0.0754. The van der Waals surface area contributed by atoms with Crippen LogP contribution in [-0.2, 0) is 15.7 Å². The quantitative estimate of drug-likeness (QED) is 0.498. The normalized spacial score (nSPS) is 16.2. The molecule has 0 amide bonds. The van der Waals surface area contributed by atoms with E-state index in [1.54, 1.807) is 36.4 Å². The third-order valence-corrected chi connectivity index (χ3v) is 7.61. The van der Waals surface area contributed by atoms with Gasteiger partial charge in [0.2, 0.25) is 0 Å². The Bertz CT molecular complexity index is 1160. The van der Waals surface area contributed by atoms with E-state index in [1.807, 2.05) is 6.92 Å². The van der Waals surface area contributed by atoms with Gasteiger partial charge in [-0.1, -0.05) is 31.0 Å². The monoisotopic (exact) mass is 472 g/mol. The highest BCUT2D eigenvalue weighted by Gasteiger charge is 2.30. The predicted molar refractivity (Wildman–Crippen MR) is 124 cm³/mol. The maximum Gasteiger partial charge on any atom is 0.198 e. The highest BCUT2D eigenvalue weighted by Crippen LogP contribution is 2.27. The smallest absolute Gasteiger partial charge is 0.198 e. The molecule has 0 N–H and O–H groups in total. The van der Waals surface area contributed by atoms with E-state index in [9.17, 15) is 12.8 Å². The molecule has 1 aromatic heterocycles. The Hall–Kier alpha value is -2.85. The van der Waals surface area contributed by atoms with Crippen LogP contribution in [0.5, 0.6) is 0 Å². The summed E-state index contributed by atoms with van der Waals surface area (Å²) in [5, 5.41) is 12.1. The van der Waals surface area contributed by atoms with Crippen molar-refractivity contribution in [3.63, 3.8) is 0 Å². The van der Waals surface area contributed by atoms with Crippen LogP contribution >= 0.6 is 0 Å². The number of halogens is 1. The Labute approximate surface area is 193 Å². The molecule has 1 atom stereocenters. The summed E-state index contributed by atoms with van der Waals surface area (Å²) >= 11 is 0. The highest BCUT2D eigenvalue weighted by atomic mass is 32.2. The number of rotatable bonds is 8. The summed E-state index contributed by atoms with van der Waals surface area (Å²) in [6, 6.07) is 13.3. The molecule has 0 aliphatic carbocycles. The summed E-state index contributed by atoms with van der Waals surface area (Å²) in [6.45, 7) is 7.14. The van der Waals surface area contributed by atoms with Crippen molar-refractivity contribution in [2.24, 2.45) is 0 Å². The van der Waals surface area contributed by atoms with Crippen LogP contribution in [0.1, 0.15) is 37.2 Å². The first-order valence-corrected chi connectivity index (χ1v) is 12.8. The molecule has 8 nitrogen and oxygen atoms in total. The molecule has 2 heterocycles. The van der Waals surface area contributed by atoms with E-state index in [0.29, 0.717) is 5.82 Å². The van der Waals surface area contributed by atoms with E-state index in [1.165, 1.54) is 16.8 Å². The van der Waals surface area contributed by atoms with Gasteiger partial charge in [-0.05, 0) is 60.2 Å². The van der Waals surface area contributed by atoms with Crippen LogP contribution in [0.15, 0.2) is 53.4 Å². The lowest BCUT2D eigenvalue weighted by atomic mass is 10.1. The molecule has 1 fully saturated rings. The molecule has 0 spiro atoms. The van der Waals surface area contributed by atoms with E-state index in [2.05, 4.69) is 32.2 Å². The Morgan fingerprint density at radius 2 is 1.67 bits per heavy atom. The first kappa shape index (κ1) is 23.3. The number of aromatic nitrogens is 4. The summed E-state index contributed by atoms with van der Waals surface area (Å²) < 4.78 is 40.6. The second-order valence-electron chi connectivity index (χ2n) is 8.40. The van der Waals surface area contributed by atoms with E-state index in [4.69, 9.17) is 0 Å². The number of benzene rings is 2. The number of hydrogen-bond donors (Lipinski definition) is 0. The van der Waals surface area contributed by atoms with Crippen LogP contribution < -0.4 is 4.90 Å². The summed E-state index contributed by atoms with van der Waals surface area (Å²) in [7, 11) is -3.59. The zero-order valence-electron chi connectivity index (χ0n) is 18.9. The van der Waals surface area contributed by atoms with E-state index in [-0.39, 0.29) is 22.6 Å². The van der Waals surface area contributed by atoms with Crippen molar-refractivity contribution >= 4 is 15.5 Å². The SMILES string of the molecule is CCC[C@H](c1nnnn1CS(=O)(=O)c1ccc(C)cc1)N1CCN(c2ccc(F)cc2)CC1. The standard InChI is InChI=1S/C23H29FN6O2S/c1-3-4-22(29-15-13-28(14-16-29)20-9-7-19(24)8-10-20)23-25-26-27-30(23)17-33(31,32)21-11-5-18(2)6-12-21/h5-12,22H,3-4,13-17H2,1-2H3/t22-/m1/s1. The van der Waals surface area contributed by atoms with Gasteiger partial charge in [-0.3, -0.25) is 4.90 Å². The molecule has 1 saturated heterocycles. The Morgan fingerprint density at radius 3 is 2.30 bits per heavy atom. The zero-order chi connectivity index (χ0) is 23.4. The fraction of sp³-hybridized carbons (Fsp3) is 0.435. The van der Waals surface area contributed by atoms with Crippen molar-refractivity contribution in [3.05, 3.63) is 65.7 Å². The van der Waals surface area contributed by atoms with E-state index >= 15 is 0 Å². The van der Waals surface area contributed by atoms with Gasteiger partial charge in [0.05, 0.1) is 10.9 Å². The van der Waals surface area contributed by atoms with Gasteiger partial charge in [0.15, 0.2) is 21.5 Å². The van der Waals surface area contributed by atoms with E-state index in [0.717, 1.165) is 50.3 Å². The molecule has 0 unspecified atom stereocenters. The van der Waals surface area contributed by atoms with Gasteiger partial charge in [-0.15, -0.1) is 5.10 Å². The second kappa shape index (κ2) is 9.96. The van der Waals surface area contributed by atoms with Crippen molar-refractivity contribution in [2.45, 2.75) is 43.5 Å². The lowest BCUT2D eigenvalue weighted by Crippen LogP contribution is -2.48. The van der Waals surface area contributed by atoms with Crippen molar-refractivity contribution in [2.75, 3.05) is 31.1 Å². The third-order valence-electron chi connectivity index (χ3n) is 6.04. The van der Waals surface area contributed by atoms with Crippen molar-refractivity contribution in [3.8, 4) is 0 Å². The van der Waals surface area contributed by atoms with Crippen molar-refractivity contribution < 1.29 is 12.8 Å². The summed E-state index contributed by atoms with van der Waals surface area (Å²) in [4.78, 5) is 4.79. The molecule has 10 heteroatoms. The molecule has 4 rings (SSSR count). The molecule has 33 heavy (non-hydrogen) atoms. The first-order chi connectivity index (χ1) is 15.9. The largest absolute Gasteiger partial charge is 0.369 e. The number of hydrogen-bond acceptors (Lipinski definition) is 7. The fourth-order valence-electron chi connectivity index (χ4n) is 4.22. The summed E-state index contributed by atoms with van der Waals surface area (Å²) in [6.07, 6.45) is 1.74. The molecular formula is C23H29FN6O2S. The molecule has 0 radical (unpaired) electrons. The maximum atomic E-state index is 13.3. The average molecular weight is 473 g/mol. The van der Waals surface area contributed by atoms with E-state index < -0.39 is 9.84 Å². The zero-order valence-corrected chi connectivity index (χ0v) is 19.7. The number of anilines is 1. The summed E-state index contributed by atoms with van der Waals surface area (Å²) in [5.74, 6) is 0.0318. The Morgan fingerprint density at radius 1 is 1.00 bits per heavy atom. The lowest BCUT2D eigenvalue weighted by Gasteiger charge is -2.39. The molecule has 1 aliphatic rings. The molecule has 176 valence electrons. The highest BCUT2D eigenvalue weighted by molar-refractivity contribution is 7.90. The van der Waals surface area contributed by atoms with Crippen molar-refractivity contribution in [1.82, 2.24) is 25.1 Å². The Balaban J connectivity index is 1.49. The van der Waals surface area contributed by atoms with Gasteiger partial charge in [-0.2, -0.15) is 0 Å².